The summed E-state index contributed by atoms with van der Waals surface area (Å²) in [6.45, 7) is 11.7. The van der Waals surface area contributed by atoms with Crippen molar-refractivity contribution in [3.63, 3.8) is 0 Å². The van der Waals surface area contributed by atoms with Crippen molar-refractivity contribution in [3.8, 4) is 11.3 Å². The second kappa shape index (κ2) is 4.94. The van der Waals surface area contributed by atoms with Gasteiger partial charge < -0.3 is 0 Å². The topological polar surface area (TPSA) is 3.88 Å². The molecule has 0 fully saturated rings. The molecular weight excluding hydrogens is 266 g/mol. The van der Waals surface area contributed by atoms with E-state index in [1.54, 1.807) is 0 Å². The summed E-state index contributed by atoms with van der Waals surface area (Å²) >= 11 is 0. The summed E-state index contributed by atoms with van der Waals surface area (Å²) in [6.07, 6.45) is 2.51. The van der Waals surface area contributed by atoms with Gasteiger partial charge in [-0.05, 0) is 56.7 Å². The van der Waals surface area contributed by atoms with Gasteiger partial charge in [-0.1, -0.05) is 32.0 Å². The Morgan fingerprint density at radius 1 is 0.864 bits per heavy atom. The first-order valence-electron chi connectivity index (χ1n) is 8.34. The van der Waals surface area contributed by atoms with Gasteiger partial charge >= 0.3 is 0 Å². The number of pyridine rings is 1. The third kappa shape index (κ3) is 2.27. The maximum absolute atomic E-state index is 2.44. The fraction of sp³-hybridized carbons (Fsp3) is 0.476. The molecule has 1 aliphatic rings. The number of rotatable bonds is 1. The lowest BCUT2D eigenvalue weighted by atomic mass is 9.65. The van der Waals surface area contributed by atoms with E-state index in [-0.39, 0.29) is 10.8 Å². The summed E-state index contributed by atoms with van der Waals surface area (Å²) in [5.41, 5.74) is 7.53. The normalized spacial score (nSPS) is 18.8. The predicted octanol–water partition coefficient (Wildman–Crippen LogP) is 4.84. The van der Waals surface area contributed by atoms with Crippen molar-refractivity contribution in [2.45, 2.75) is 58.3 Å². The summed E-state index contributed by atoms with van der Waals surface area (Å²) in [7, 11) is 2.24. The molecule has 1 aliphatic carbocycles. The van der Waals surface area contributed by atoms with Gasteiger partial charge in [0.15, 0.2) is 5.69 Å². The number of hydrogen-bond donors (Lipinski definition) is 0. The number of nitrogens with zero attached hydrogens (tertiary/aromatic N) is 1. The summed E-state index contributed by atoms with van der Waals surface area (Å²) in [6, 6.07) is 13.4. The fourth-order valence-corrected chi connectivity index (χ4v) is 4.03. The van der Waals surface area contributed by atoms with Gasteiger partial charge in [-0.25, -0.2) is 0 Å². The highest BCUT2D eigenvalue weighted by molar-refractivity contribution is 5.61. The largest absolute Gasteiger partial charge is 0.212 e. The molecule has 1 aromatic heterocycles. The molecule has 116 valence electrons. The zero-order valence-corrected chi connectivity index (χ0v) is 14.8. The van der Waals surface area contributed by atoms with Crippen LogP contribution in [-0.4, -0.2) is 0 Å². The average Bonchev–Trinajstić information content (AvgIpc) is 2.45. The number of hydrogen-bond acceptors (Lipinski definition) is 0. The molecular formula is C21H28N+. The van der Waals surface area contributed by atoms with Crippen molar-refractivity contribution >= 4 is 0 Å². The molecule has 1 nitrogen and oxygen atoms in total. The minimum Gasteiger partial charge on any atom is -0.198 e. The van der Waals surface area contributed by atoms with Crippen molar-refractivity contribution in [1.82, 2.24) is 0 Å². The number of benzene rings is 1. The van der Waals surface area contributed by atoms with Crippen LogP contribution in [0.25, 0.3) is 11.3 Å². The second-order valence-corrected chi connectivity index (χ2v) is 8.12. The summed E-state index contributed by atoms with van der Waals surface area (Å²) < 4.78 is 2.44. The van der Waals surface area contributed by atoms with Crippen LogP contribution in [0, 0.1) is 6.92 Å². The van der Waals surface area contributed by atoms with Gasteiger partial charge in [-0.15, -0.1) is 0 Å². The molecule has 0 saturated carbocycles. The molecule has 22 heavy (non-hydrogen) atoms. The highest BCUT2D eigenvalue weighted by Gasteiger charge is 2.43. The van der Waals surface area contributed by atoms with Gasteiger partial charge in [-0.3, -0.25) is 0 Å². The molecule has 0 radical (unpaired) electrons. The van der Waals surface area contributed by atoms with Crippen LogP contribution < -0.4 is 4.57 Å². The monoisotopic (exact) mass is 294 g/mol. The van der Waals surface area contributed by atoms with Gasteiger partial charge in [0.2, 0.25) is 5.69 Å². The zero-order valence-electron chi connectivity index (χ0n) is 14.8. The second-order valence-electron chi connectivity index (χ2n) is 8.12. The Bertz CT molecular complexity index is 723. The van der Waals surface area contributed by atoms with Crippen molar-refractivity contribution in [1.29, 1.82) is 0 Å². The van der Waals surface area contributed by atoms with Crippen LogP contribution >= 0.6 is 0 Å². The van der Waals surface area contributed by atoms with E-state index in [0.29, 0.717) is 0 Å². The van der Waals surface area contributed by atoms with Crippen LogP contribution in [0.2, 0.25) is 0 Å². The van der Waals surface area contributed by atoms with Gasteiger partial charge in [0.25, 0.3) is 0 Å². The molecule has 1 aromatic carbocycles. The van der Waals surface area contributed by atoms with Gasteiger partial charge in [-0.2, -0.15) is 4.57 Å². The first-order valence-corrected chi connectivity index (χ1v) is 8.34. The molecule has 0 N–H and O–H groups in total. The van der Waals surface area contributed by atoms with E-state index in [1.807, 2.05) is 0 Å². The van der Waals surface area contributed by atoms with Crippen molar-refractivity contribution < 1.29 is 4.57 Å². The lowest BCUT2D eigenvalue weighted by Gasteiger charge is -2.38. The molecule has 0 unspecified atom stereocenters. The number of fused-ring (bicyclic) bond motifs is 1. The van der Waals surface area contributed by atoms with Crippen LogP contribution in [0.4, 0.5) is 0 Å². The fourth-order valence-electron chi connectivity index (χ4n) is 4.03. The number of aryl methyl sites for hydroxylation is 1. The van der Waals surface area contributed by atoms with E-state index >= 15 is 0 Å². The maximum Gasteiger partial charge on any atom is 0.212 e. The molecule has 0 saturated heterocycles. The Kier molecular flexibility index (Phi) is 3.43. The lowest BCUT2D eigenvalue weighted by molar-refractivity contribution is -0.673. The Morgan fingerprint density at radius 3 is 2.18 bits per heavy atom. The van der Waals surface area contributed by atoms with Crippen LogP contribution in [0.15, 0.2) is 36.4 Å². The first kappa shape index (κ1) is 15.3. The minimum atomic E-state index is 0.234. The Labute approximate surface area is 135 Å². The third-order valence-corrected chi connectivity index (χ3v) is 5.53. The van der Waals surface area contributed by atoms with Crippen molar-refractivity contribution in [2.24, 2.45) is 7.05 Å². The van der Waals surface area contributed by atoms with Crippen molar-refractivity contribution in [2.75, 3.05) is 0 Å². The molecule has 3 rings (SSSR count). The van der Waals surface area contributed by atoms with E-state index in [1.165, 1.54) is 40.9 Å². The van der Waals surface area contributed by atoms with E-state index < -0.39 is 0 Å². The molecule has 1 heteroatoms. The highest BCUT2D eigenvalue weighted by Crippen LogP contribution is 2.44. The summed E-state index contributed by atoms with van der Waals surface area (Å²) in [4.78, 5) is 0. The molecule has 0 spiro atoms. The molecule has 0 aliphatic heterocycles. The molecule has 0 bridgehead atoms. The quantitative estimate of drug-likeness (QED) is 0.663. The Morgan fingerprint density at radius 2 is 1.50 bits per heavy atom. The minimum absolute atomic E-state index is 0.234. The van der Waals surface area contributed by atoms with E-state index in [4.69, 9.17) is 0 Å². The standard InChI is InChI=1S/C21H28N/c1-15-9-7-8-10-16(15)18-12-11-17-19(22(18)6)21(4,5)14-13-20(17,2)3/h7-12H,13-14H2,1-6H3/q+1. The summed E-state index contributed by atoms with van der Waals surface area (Å²) in [5, 5.41) is 0. The first-order chi connectivity index (χ1) is 10.2. The van der Waals surface area contributed by atoms with Crippen LogP contribution in [0.3, 0.4) is 0 Å². The zero-order chi connectivity index (χ0) is 16.1. The summed E-state index contributed by atoms with van der Waals surface area (Å²) in [5.74, 6) is 0. The molecule has 0 amide bonds. The van der Waals surface area contributed by atoms with Gasteiger partial charge in [0, 0.05) is 22.6 Å². The third-order valence-electron chi connectivity index (χ3n) is 5.53. The van der Waals surface area contributed by atoms with E-state index in [2.05, 4.69) is 82.6 Å². The average molecular weight is 294 g/mol. The van der Waals surface area contributed by atoms with Gasteiger partial charge in [0.1, 0.15) is 7.05 Å². The highest BCUT2D eigenvalue weighted by atomic mass is 15.0. The SMILES string of the molecule is Cc1ccccc1-c1ccc2c([n+]1C)C(C)(C)CCC2(C)C. The van der Waals surface area contributed by atoms with Crippen molar-refractivity contribution in [3.05, 3.63) is 53.2 Å². The Hall–Kier alpha value is -1.63. The number of aromatic nitrogens is 1. The van der Waals surface area contributed by atoms with Gasteiger partial charge in [0.05, 0.1) is 0 Å². The van der Waals surface area contributed by atoms with E-state index in [0.717, 1.165) is 0 Å². The lowest BCUT2D eigenvalue weighted by Crippen LogP contribution is -2.48. The van der Waals surface area contributed by atoms with Crippen LogP contribution in [-0.2, 0) is 17.9 Å². The van der Waals surface area contributed by atoms with E-state index in [9.17, 15) is 0 Å². The predicted molar refractivity (Wildman–Crippen MR) is 93.1 cm³/mol. The van der Waals surface area contributed by atoms with Crippen LogP contribution in [0.1, 0.15) is 57.4 Å². The molecule has 1 heterocycles. The molecule has 0 atom stereocenters. The molecule has 2 aromatic rings. The van der Waals surface area contributed by atoms with Crippen LogP contribution in [0.5, 0.6) is 0 Å². The Balaban J connectivity index is 2.29. The smallest absolute Gasteiger partial charge is 0.198 e. The maximum atomic E-state index is 2.44.